The number of aliphatic hydroxyl groups is 1. The van der Waals surface area contributed by atoms with Crippen molar-refractivity contribution >= 4 is 0 Å². The summed E-state index contributed by atoms with van der Waals surface area (Å²) in [4.78, 5) is 0. The quantitative estimate of drug-likeness (QED) is 0.657. The van der Waals surface area contributed by atoms with Crippen molar-refractivity contribution in [3.8, 4) is 0 Å². The van der Waals surface area contributed by atoms with Gasteiger partial charge in [-0.25, -0.2) is 4.39 Å². The van der Waals surface area contributed by atoms with Gasteiger partial charge in [0.25, 0.3) is 0 Å². The van der Waals surface area contributed by atoms with Crippen LogP contribution in [0.25, 0.3) is 0 Å². The third kappa shape index (κ3) is 1.62. The highest BCUT2D eigenvalue weighted by atomic mass is 19.1. The lowest BCUT2D eigenvalue weighted by atomic mass is 9.79. The molecule has 72 valence electrons. The summed E-state index contributed by atoms with van der Waals surface area (Å²) in [6.07, 6.45) is -1.22. The van der Waals surface area contributed by atoms with E-state index >= 15 is 0 Å². The molecule has 0 aromatic carbocycles. The first-order valence-corrected chi connectivity index (χ1v) is 4.47. The first kappa shape index (κ1) is 9.93. The molecule has 1 aliphatic heterocycles. The second kappa shape index (κ2) is 3.71. The Morgan fingerprint density at radius 1 is 1.17 bits per heavy atom. The molecule has 0 aliphatic carbocycles. The summed E-state index contributed by atoms with van der Waals surface area (Å²) in [5, 5.41) is 9.38. The molecule has 1 heterocycles. The molecule has 3 unspecified atom stereocenters. The van der Waals surface area contributed by atoms with Gasteiger partial charge in [-0.15, -0.1) is 0 Å². The number of alkyl halides is 1. The van der Waals surface area contributed by atoms with Gasteiger partial charge in [0.05, 0.1) is 6.10 Å². The fourth-order valence-corrected chi connectivity index (χ4v) is 1.68. The van der Waals surface area contributed by atoms with Crippen molar-refractivity contribution in [3.05, 3.63) is 0 Å². The SMILES string of the molecule is CC1C(O)OC(CF)[C@@H](C)[C@@H]1C. The molecular formula is C9H17FO2. The van der Waals surface area contributed by atoms with E-state index in [1.54, 1.807) is 0 Å². The zero-order chi connectivity index (χ0) is 9.30. The van der Waals surface area contributed by atoms with Crippen LogP contribution >= 0.6 is 0 Å². The number of ether oxygens (including phenoxy) is 1. The molecule has 2 nitrogen and oxygen atoms in total. The number of halogens is 1. The Labute approximate surface area is 72.7 Å². The highest BCUT2D eigenvalue weighted by molar-refractivity contribution is 4.81. The van der Waals surface area contributed by atoms with E-state index in [0.717, 1.165) is 0 Å². The van der Waals surface area contributed by atoms with E-state index < -0.39 is 19.1 Å². The van der Waals surface area contributed by atoms with Crippen LogP contribution in [0, 0.1) is 17.8 Å². The van der Waals surface area contributed by atoms with Crippen molar-refractivity contribution in [1.82, 2.24) is 0 Å². The Bertz CT molecular complexity index is 147. The largest absolute Gasteiger partial charge is 0.368 e. The highest BCUT2D eigenvalue weighted by Gasteiger charge is 2.37. The summed E-state index contributed by atoms with van der Waals surface area (Å²) in [6.45, 7) is 5.43. The van der Waals surface area contributed by atoms with E-state index in [-0.39, 0.29) is 11.8 Å². The maximum atomic E-state index is 12.4. The molecule has 0 amide bonds. The Morgan fingerprint density at radius 2 is 1.75 bits per heavy atom. The van der Waals surface area contributed by atoms with Gasteiger partial charge in [0, 0.05) is 5.92 Å². The van der Waals surface area contributed by atoms with Crippen LogP contribution in [0.4, 0.5) is 4.39 Å². The van der Waals surface area contributed by atoms with Gasteiger partial charge in [0.2, 0.25) is 0 Å². The molecule has 0 saturated carbocycles. The monoisotopic (exact) mass is 176 g/mol. The van der Waals surface area contributed by atoms with Crippen molar-refractivity contribution in [2.75, 3.05) is 6.67 Å². The maximum Gasteiger partial charge on any atom is 0.157 e. The molecule has 5 atom stereocenters. The molecule has 0 aromatic heterocycles. The zero-order valence-electron chi connectivity index (χ0n) is 7.83. The van der Waals surface area contributed by atoms with E-state index in [1.165, 1.54) is 0 Å². The van der Waals surface area contributed by atoms with Gasteiger partial charge in [-0.05, 0) is 11.8 Å². The van der Waals surface area contributed by atoms with Crippen LogP contribution in [0.1, 0.15) is 20.8 Å². The summed E-state index contributed by atoms with van der Waals surface area (Å²) >= 11 is 0. The second-order valence-electron chi connectivity index (χ2n) is 3.80. The van der Waals surface area contributed by atoms with Gasteiger partial charge < -0.3 is 9.84 Å². The molecule has 12 heavy (non-hydrogen) atoms. The molecule has 0 spiro atoms. The molecule has 1 N–H and O–H groups in total. The van der Waals surface area contributed by atoms with Crippen LogP contribution in [0.2, 0.25) is 0 Å². The third-order valence-corrected chi connectivity index (χ3v) is 3.16. The van der Waals surface area contributed by atoms with Gasteiger partial charge >= 0.3 is 0 Å². The van der Waals surface area contributed by atoms with Crippen LogP contribution in [0.15, 0.2) is 0 Å². The molecule has 1 saturated heterocycles. The van der Waals surface area contributed by atoms with Crippen molar-refractivity contribution < 1.29 is 14.2 Å². The second-order valence-corrected chi connectivity index (χ2v) is 3.80. The smallest absolute Gasteiger partial charge is 0.157 e. The minimum Gasteiger partial charge on any atom is -0.368 e. The first-order chi connectivity index (χ1) is 5.57. The summed E-state index contributed by atoms with van der Waals surface area (Å²) < 4.78 is 17.5. The Kier molecular flexibility index (Phi) is 3.07. The van der Waals surface area contributed by atoms with Gasteiger partial charge in [0.1, 0.15) is 6.67 Å². The van der Waals surface area contributed by atoms with E-state index in [9.17, 15) is 9.50 Å². The molecule has 3 heteroatoms. The fourth-order valence-electron chi connectivity index (χ4n) is 1.68. The number of hydrogen-bond donors (Lipinski definition) is 1. The molecule has 1 aliphatic rings. The minimum atomic E-state index is -0.794. The van der Waals surface area contributed by atoms with E-state index in [0.29, 0.717) is 5.92 Å². The highest BCUT2D eigenvalue weighted by Crippen LogP contribution is 2.33. The molecule has 1 rings (SSSR count). The van der Waals surface area contributed by atoms with Crippen molar-refractivity contribution in [3.63, 3.8) is 0 Å². The van der Waals surface area contributed by atoms with Crippen molar-refractivity contribution in [2.24, 2.45) is 17.8 Å². The van der Waals surface area contributed by atoms with Crippen molar-refractivity contribution in [1.29, 1.82) is 0 Å². The predicted octanol–water partition coefficient (Wildman–Crippen LogP) is 1.58. The van der Waals surface area contributed by atoms with Gasteiger partial charge in [-0.3, -0.25) is 0 Å². The number of rotatable bonds is 1. The van der Waals surface area contributed by atoms with Crippen LogP contribution < -0.4 is 0 Å². The summed E-state index contributed by atoms with van der Waals surface area (Å²) in [6, 6.07) is 0. The summed E-state index contributed by atoms with van der Waals surface area (Å²) in [5.74, 6) is 0.602. The molecule has 0 radical (unpaired) electrons. The molecule has 1 fully saturated rings. The summed E-state index contributed by atoms with van der Waals surface area (Å²) in [5.41, 5.74) is 0. The average Bonchev–Trinajstić information content (AvgIpc) is 2.08. The number of hydrogen-bond acceptors (Lipinski definition) is 2. The Balaban J connectivity index is 2.63. The predicted molar refractivity (Wildman–Crippen MR) is 44.3 cm³/mol. The molecule has 0 aromatic rings. The minimum absolute atomic E-state index is 0.0998. The van der Waals surface area contributed by atoms with E-state index in [4.69, 9.17) is 4.74 Å². The first-order valence-electron chi connectivity index (χ1n) is 4.47. The fraction of sp³-hybridized carbons (Fsp3) is 1.00. The van der Waals surface area contributed by atoms with Crippen LogP contribution in [0.5, 0.6) is 0 Å². The van der Waals surface area contributed by atoms with E-state index in [1.807, 2.05) is 20.8 Å². The Morgan fingerprint density at radius 3 is 2.25 bits per heavy atom. The zero-order valence-corrected chi connectivity index (χ0v) is 7.83. The van der Waals surface area contributed by atoms with Crippen LogP contribution in [-0.2, 0) is 4.74 Å². The van der Waals surface area contributed by atoms with E-state index in [2.05, 4.69) is 0 Å². The van der Waals surface area contributed by atoms with Crippen LogP contribution in [-0.4, -0.2) is 24.2 Å². The normalized spacial score (nSPS) is 49.2. The maximum absolute atomic E-state index is 12.4. The lowest BCUT2D eigenvalue weighted by Crippen LogP contribution is -2.45. The topological polar surface area (TPSA) is 29.5 Å². The molecule has 0 bridgehead atoms. The summed E-state index contributed by atoms with van der Waals surface area (Å²) in [7, 11) is 0. The average molecular weight is 176 g/mol. The van der Waals surface area contributed by atoms with Crippen molar-refractivity contribution in [2.45, 2.75) is 33.2 Å². The van der Waals surface area contributed by atoms with Gasteiger partial charge in [0.15, 0.2) is 6.29 Å². The van der Waals surface area contributed by atoms with Crippen LogP contribution in [0.3, 0.4) is 0 Å². The lowest BCUT2D eigenvalue weighted by Gasteiger charge is -2.40. The third-order valence-electron chi connectivity index (χ3n) is 3.16. The van der Waals surface area contributed by atoms with Gasteiger partial charge in [-0.2, -0.15) is 0 Å². The van der Waals surface area contributed by atoms with Gasteiger partial charge in [-0.1, -0.05) is 20.8 Å². The molecular weight excluding hydrogens is 159 g/mol. The Hall–Kier alpha value is -0.150. The number of aliphatic hydroxyl groups excluding tert-OH is 1. The standard InChI is InChI=1S/C9H17FO2/c1-5-6(2)8(4-10)12-9(11)7(5)3/h5-9,11H,4H2,1-3H3/t5-,6-,7?,8?,9?/m0/s1. The lowest BCUT2D eigenvalue weighted by molar-refractivity contribution is -0.227.